The van der Waals surface area contributed by atoms with E-state index < -0.39 is 6.04 Å². The number of carbonyl (C=O) groups is 1. The minimum atomic E-state index is -0.421. The quantitative estimate of drug-likeness (QED) is 0.634. The Bertz CT molecular complexity index is 173. The molecule has 0 spiro atoms. The van der Waals surface area contributed by atoms with Crippen molar-refractivity contribution in [1.82, 2.24) is 4.90 Å². The summed E-state index contributed by atoms with van der Waals surface area (Å²) < 4.78 is 0. The Morgan fingerprint density at radius 2 is 2.20 bits per heavy atom. The molecule has 0 aliphatic rings. The summed E-state index contributed by atoms with van der Waals surface area (Å²) in [6, 6.07) is -0.421. The summed E-state index contributed by atoms with van der Waals surface area (Å²) in [5, 5.41) is 8.83. The minimum Gasteiger partial charge on any atom is -0.395 e. The highest BCUT2D eigenvalue weighted by Gasteiger charge is 2.19. The highest BCUT2D eigenvalue weighted by atomic mass is 32.2. The molecule has 0 rings (SSSR count). The second-order valence-corrected chi connectivity index (χ2v) is 4.42. The zero-order valence-electron chi connectivity index (χ0n) is 9.61. The van der Waals surface area contributed by atoms with E-state index in [0.29, 0.717) is 19.5 Å². The highest BCUT2D eigenvalue weighted by molar-refractivity contribution is 7.98. The van der Waals surface area contributed by atoms with Gasteiger partial charge in [-0.05, 0) is 24.9 Å². The van der Waals surface area contributed by atoms with Crippen LogP contribution in [0.2, 0.25) is 0 Å². The summed E-state index contributed by atoms with van der Waals surface area (Å²) in [7, 11) is 0. The van der Waals surface area contributed by atoms with Crippen LogP contribution < -0.4 is 5.73 Å². The molecule has 0 saturated heterocycles. The SMILES string of the molecule is CCCN(CCO)C(=O)[C@H](N)CCSC. The molecule has 0 aromatic carbocycles. The third kappa shape index (κ3) is 6.02. The van der Waals surface area contributed by atoms with E-state index in [1.54, 1.807) is 16.7 Å². The Morgan fingerprint density at radius 1 is 1.53 bits per heavy atom. The van der Waals surface area contributed by atoms with E-state index in [0.717, 1.165) is 12.2 Å². The zero-order valence-corrected chi connectivity index (χ0v) is 10.4. The molecule has 5 heteroatoms. The fraction of sp³-hybridized carbons (Fsp3) is 0.900. The monoisotopic (exact) mass is 234 g/mol. The van der Waals surface area contributed by atoms with Crippen molar-refractivity contribution in [3.05, 3.63) is 0 Å². The maximum atomic E-state index is 11.8. The van der Waals surface area contributed by atoms with Crippen LogP contribution in [0.4, 0.5) is 0 Å². The van der Waals surface area contributed by atoms with Gasteiger partial charge in [0.1, 0.15) is 0 Å². The predicted octanol–water partition coefficient (Wildman–Crippen LogP) is 0.298. The summed E-state index contributed by atoms with van der Waals surface area (Å²) in [6.45, 7) is 3.07. The van der Waals surface area contributed by atoms with E-state index in [9.17, 15) is 4.79 Å². The van der Waals surface area contributed by atoms with Crippen molar-refractivity contribution in [3.63, 3.8) is 0 Å². The number of aliphatic hydroxyl groups excluding tert-OH is 1. The number of amides is 1. The van der Waals surface area contributed by atoms with Crippen LogP contribution in [-0.4, -0.2) is 53.7 Å². The van der Waals surface area contributed by atoms with Crippen LogP contribution in [0.1, 0.15) is 19.8 Å². The van der Waals surface area contributed by atoms with Gasteiger partial charge in [-0.3, -0.25) is 4.79 Å². The van der Waals surface area contributed by atoms with Crippen molar-refractivity contribution in [2.75, 3.05) is 31.7 Å². The fourth-order valence-electron chi connectivity index (χ4n) is 1.33. The van der Waals surface area contributed by atoms with Gasteiger partial charge in [-0.1, -0.05) is 6.92 Å². The molecule has 0 unspecified atom stereocenters. The summed E-state index contributed by atoms with van der Waals surface area (Å²) in [4.78, 5) is 13.5. The number of nitrogens with two attached hydrogens (primary N) is 1. The molecule has 1 amide bonds. The first-order valence-electron chi connectivity index (χ1n) is 5.31. The Hall–Kier alpha value is -0.260. The lowest BCUT2D eigenvalue weighted by atomic mass is 10.2. The van der Waals surface area contributed by atoms with Gasteiger partial charge >= 0.3 is 0 Å². The van der Waals surface area contributed by atoms with E-state index in [1.165, 1.54) is 0 Å². The summed E-state index contributed by atoms with van der Waals surface area (Å²) >= 11 is 1.69. The molecule has 1 atom stereocenters. The molecule has 0 bridgehead atoms. The van der Waals surface area contributed by atoms with Crippen LogP contribution in [-0.2, 0) is 4.79 Å². The topological polar surface area (TPSA) is 66.6 Å². The van der Waals surface area contributed by atoms with Crippen molar-refractivity contribution in [2.45, 2.75) is 25.8 Å². The summed E-state index contributed by atoms with van der Waals surface area (Å²) in [5.41, 5.74) is 5.78. The predicted molar refractivity (Wildman–Crippen MR) is 64.9 cm³/mol. The fourth-order valence-corrected chi connectivity index (χ4v) is 1.82. The lowest BCUT2D eigenvalue weighted by Crippen LogP contribution is -2.45. The van der Waals surface area contributed by atoms with Gasteiger partial charge in [-0.25, -0.2) is 0 Å². The number of rotatable bonds is 8. The first-order chi connectivity index (χ1) is 7.17. The van der Waals surface area contributed by atoms with Gasteiger partial charge < -0.3 is 15.7 Å². The maximum absolute atomic E-state index is 11.8. The van der Waals surface area contributed by atoms with E-state index in [2.05, 4.69) is 0 Å². The molecule has 0 aliphatic heterocycles. The van der Waals surface area contributed by atoms with Crippen LogP contribution >= 0.6 is 11.8 Å². The molecule has 0 heterocycles. The number of thioether (sulfide) groups is 1. The number of hydrogen-bond acceptors (Lipinski definition) is 4. The maximum Gasteiger partial charge on any atom is 0.239 e. The molecule has 3 N–H and O–H groups in total. The number of carbonyl (C=O) groups excluding carboxylic acids is 1. The van der Waals surface area contributed by atoms with Gasteiger partial charge in [-0.2, -0.15) is 11.8 Å². The number of nitrogens with zero attached hydrogens (tertiary/aromatic N) is 1. The van der Waals surface area contributed by atoms with Crippen LogP contribution in [0, 0.1) is 0 Å². The van der Waals surface area contributed by atoms with Gasteiger partial charge in [-0.15, -0.1) is 0 Å². The van der Waals surface area contributed by atoms with Crippen molar-refractivity contribution >= 4 is 17.7 Å². The van der Waals surface area contributed by atoms with Crippen LogP contribution in [0.5, 0.6) is 0 Å². The van der Waals surface area contributed by atoms with Gasteiger partial charge in [0.15, 0.2) is 0 Å². The molecule has 0 radical (unpaired) electrons. The van der Waals surface area contributed by atoms with Crippen LogP contribution in [0.15, 0.2) is 0 Å². The van der Waals surface area contributed by atoms with E-state index in [1.807, 2.05) is 13.2 Å². The smallest absolute Gasteiger partial charge is 0.239 e. The van der Waals surface area contributed by atoms with E-state index in [4.69, 9.17) is 10.8 Å². The van der Waals surface area contributed by atoms with Crippen LogP contribution in [0.3, 0.4) is 0 Å². The average molecular weight is 234 g/mol. The standard InChI is InChI=1S/C10H22N2O2S/c1-3-5-12(6-7-13)10(14)9(11)4-8-15-2/h9,13H,3-8,11H2,1-2H3/t9-/m1/s1. The minimum absolute atomic E-state index is 0.000980. The lowest BCUT2D eigenvalue weighted by Gasteiger charge is -2.24. The molecule has 0 aliphatic carbocycles. The largest absolute Gasteiger partial charge is 0.395 e. The molecule has 0 saturated carbocycles. The van der Waals surface area contributed by atoms with Crippen molar-refractivity contribution in [2.24, 2.45) is 5.73 Å². The molecular weight excluding hydrogens is 212 g/mol. The first kappa shape index (κ1) is 14.7. The number of hydrogen-bond donors (Lipinski definition) is 2. The van der Waals surface area contributed by atoms with E-state index in [-0.39, 0.29) is 12.5 Å². The van der Waals surface area contributed by atoms with Crippen LogP contribution in [0.25, 0.3) is 0 Å². The third-order valence-corrected chi connectivity index (χ3v) is 2.77. The van der Waals surface area contributed by atoms with Gasteiger partial charge in [0, 0.05) is 13.1 Å². The van der Waals surface area contributed by atoms with Crippen molar-refractivity contribution in [1.29, 1.82) is 0 Å². The van der Waals surface area contributed by atoms with Gasteiger partial charge in [0.2, 0.25) is 5.91 Å². The van der Waals surface area contributed by atoms with Crippen molar-refractivity contribution < 1.29 is 9.90 Å². The third-order valence-electron chi connectivity index (χ3n) is 2.13. The molecule has 15 heavy (non-hydrogen) atoms. The zero-order chi connectivity index (χ0) is 11.7. The molecule has 0 fully saturated rings. The second-order valence-electron chi connectivity index (χ2n) is 3.44. The number of aliphatic hydroxyl groups is 1. The summed E-state index contributed by atoms with van der Waals surface area (Å²) in [5.74, 6) is 0.853. The average Bonchev–Trinajstić information content (AvgIpc) is 2.24. The molecule has 90 valence electrons. The molecule has 0 aromatic heterocycles. The highest BCUT2D eigenvalue weighted by Crippen LogP contribution is 2.03. The lowest BCUT2D eigenvalue weighted by molar-refractivity contribution is -0.133. The molecule has 4 nitrogen and oxygen atoms in total. The Morgan fingerprint density at radius 3 is 2.67 bits per heavy atom. The van der Waals surface area contributed by atoms with Gasteiger partial charge in [0.25, 0.3) is 0 Å². The summed E-state index contributed by atoms with van der Waals surface area (Å²) in [6.07, 6.45) is 3.58. The van der Waals surface area contributed by atoms with Crippen molar-refractivity contribution in [3.8, 4) is 0 Å². The second kappa shape index (κ2) is 9.00. The van der Waals surface area contributed by atoms with E-state index >= 15 is 0 Å². The Kier molecular flexibility index (Phi) is 8.85. The van der Waals surface area contributed by atoms with Gasteiger partial charge in [0.05, 0.1) is 12.6 Å². The first-order valence-corrected chi connectivity index (χ1v) is 6.70. The molecular formula is C10H22N2O2S. The Balaban J connectivity index is 4.08. The molecule has 0 aromatic rings. The Labute approximate surface area is 96.2 Å². The normalized spacial score (nSPS) is 12.5.